The molecule has 1 saturated heterocycles. The molecule has 0 aliphatic carbocycles. The highest BCUT2D eigenvalue weighted by Crippen LogP contribution is 2.15. The predicted octanol–water partition coefficient (Wildman–Crippen LogP) is 0.939. The lowest BCUT2D eigenvalue weighted by Gasteiger charge is -2.29. The molecule has 1 heterocycles. The summed E-state index contributed by atoms with van der Waals surface area (Å²) in [5.74, 6) is 0.224. The van der Waals surface area contributed by atoms with Crippen molar-refractivity contribution in [2.45, 2.75) is 26.0 Å². The van der Waals surface area contributed by atoms with Crippen molar-refractivity contribution in [2.75, 3.05) is 31.6 Å². The van der Waals surface area contributed by atoms with Crippen LogP contribution in [0.3, 0.4) is 0 Å². The number of morpholine rings is 1. The van der Waals surface area contributed by atoms with Crippen LogP contribution >= 0.6 is 12.4 Å². The van der Waals surface area contributed by atoms with Gasteiger partial charge < -0.3 is 25.4 Å². The van der Waals surface area contributed by atoms with Gasteiger partial charge in [-0.3, -0.25) is 9.59 Å². The lowest BCUT2D eigenvalue weighted by molar-refractivity contribution is -0.130. The van der Waals surface area contributed by atoms with Gasteiger partial charge in [-0.05, 0) is 38.1 Å². The highest BCUT2D eigenvalue weighted by atomic mass is 35.5. The molecular formula is C16H24ClN3O4. The van der Waals surface area contributed by atoms with Crippen LogP contribution in [0.5, 0.6) is 5.75 Å². The first kappa shape index (κ1) is 20.2. The summed E-state index contributed by atoms with van der Waals surface area (Å²) in [6.07, 6.45) is -0.210. The van der Waals surface area contributed by atoms with Gasteiger partial charge in [-0.1, -0.05) is 0 Å². The summed E-state index contributed by atoms with van der Waals surface area (Å²) in [5.41, 5.74) is 0.653. The molecule has 24 heavy (non-hydrogen) atoms. The van der Waals surface area contributed by atoms with Gasteiger partial charge in [0.1, 0.15) is 11.8 Å². The zero-order valence-corrected chi connectivity index (χ0v) is 14.7. The molecule has 0 saturated carbocycles. The summed E-state index contributed by atoms with van der Waals surface area (Å²) in [6.45, 7) is 5.46. The summed E-state index contributed by atoms with van der Waals surface area (Å²) in [4.78, 5) is 23.9. The van der Waals surface area contributed by atoms with E-state index in [4.69, 9.17) is 9.47 Å². The van der Waals surface area contributed by atoms with Crippen molar-refractivity contribution in [3.63, 3.8) is 0 Å². The molecule has 1 aromatic rings. The fraction of sp³-hybridized carbons (Fsp3) is 0.500. The topological polar surface area (TPSA) is 88.7 Å². The minimum atomic E-state index is -0.429. The molecule has 0 bridgehead atoms. The number of halogens is 1. The number of carbonyl (C=O) groups excluding carboxylic acids is 2. The van der Waals surface area contributed by atoms with E-state index in [1.54, 1.807) is 24.3 Å². The summed E-state index contributed by atoms with van der Waals surface area (Å²) in [5, 5.41) is 8.41. The van der Waals surface area contributed by atoms with Crippen molar-refractivity contribution in [3.8, 4) is 5.75 Å². The monoisotopic (exact) mass is 357 g/mol. The molecule has 0 aromatic heterocycles. The second kappa shape index (κ2) is 10.1. The Morgan fingerprint density at radius 1 is 1.33 bits per heavy atom. The second-order valence-corrected chi connectivity index (χ2v) is 5.23. The molecule has 2 rings (SSSR count). The quantitative estimate of drug-likeness (QED) is 0.705. The van der Waals surface area contributed by atoms with Crippen LogP contribution in [0, 0.1) is 0 Å². The number of benzene rings is 1. The maximum Gasteiger partial charge on any atom is 0.243 e. The summed E-state index contributed by atoms with van der Waals surface area (Å²) < 4.78 is 10.7. The van der Waals surface area contributed by atoms with Crippen molar-refractivity contribution in [3.05, 3.63) is 24.3 Å². The molecule has 1 fully saturated rings. The fourth-order valence-electron chi connectivity index (χ4n) is 2.31. The Balaban J connectivity index is 0.00000288. The van der Waals surface area contributed by atoms with Crippen LogP contribution < -0.4 is 20.7 Å². The molecule has 8 heteroatoms. The third-order valence-corrected chi connectivity index (χ3v) is 3.47. The lowest BCUT2D eigenvalue weighted by atomic mass is 10.1. The van der Waals surface area contributed by atoms with E-state index < -0.39 is 6.04 Å². The van der Waals surface area contributed by atoms with E-state index in [9.17, 15) is 9.59 Å². The number of rotatable bonds is 6. The number of anilines is 1. The third-order valence-electron chi connectivity index (χ3n) is 3.47. The predicted molar refractivity (Wildman–Crippen MR) is 93.7 cm³/mol. The first-order valence-electron chi connectivity index (χ1n) is 7.75. The Kier molecular flexibility index (Phi) is 8.53. The van der Waals surface area contributed by atoms with E-state index in [0.29, 0.717) is 25.4 Å². The maximum atomic E-state index is 12.0. The fourth-order valence-corrected chi connectivity index (χ4v) is 2.31. The molecule has 2 atom stereocenters. The Hall–Kier alpha value is -1.83. The van der Waals surface area contributed by atoms with Gasteiger partial charge in [0.25, 0.3) is 0 Å². The molecular weight excluding hydrogens is 334 g/mol. The third kappa shape index (κ3) is 5.99. The number of ether oxygens (including phenoxy) is 2. The Morgan fingerprint density at radius 2 is 2.04 bits per heavy atom. The Bertz CT molecular complexity index is 539. The van der Waals surface area contributed by atoms with Crippen LogP contribution in [0.1, 0.15) is 13.8 Å². The summed E-state index contributed by atoms with van der Waals surface area (Å²) >= 11 is 0. The second-order valence-electron chi connectivity index (χ2n) is 5.23. The van der Waals surface area contributed by atoms with Crippen molar-refractivity contribution >= 4 is 29.9 Å². The van der Waals surface area contributed by atoms with Crippen molar-refractivity contribution in [1.29, 1.82) is 0 Å². The van der Waals surface area contributed by atoms with Crippen molar-refractivity contribution in [1.82, 2.24) is 10.6 Å². The van der Waals surface area contributed by atoms with E-state index in [0.717, 1.165) is 5.75 Å². The SMILES string of the molecule is CCOc1ccc(NC(=O)CNC(=O)[C@H]2NCCO[C@@H]2C)cc1.Cl. The summed E-state index contributed by atoms with van der Waals surface area (Å²) in [6, 6.07) is 6.64. The van der Waals surface area contributed by atoms with Crippen LogP contribution in [0.4, 0.5) is 5.69 Å². The lowest BCUT2D eigenvalue weighted by Crippen LogP contribution is -2.56. The molecule has 1 aliphatic heterocycles. The van der Waals surface area contributed by atoms with Crippen LogP contribution in [0.15, 0.2) is 24.3 Å². The first-order chi connectivity index (χ1) is 11.1. The minimum absolute atomic E-state index is 0. The highest BCUT2D eigenvalue weighted by molar-refractivity contribution is 5.95. The molecule has 3 N–H and O–H groups in total. The largest absolute Gasteiger partial charge is 0.494 e. The van der Waals surface area contributed by atoms with Crippen LogP contribution in [0.25, 0.3) is 0 Å². The molecule has 7 nitrogen and oxygen atoms in total. The van der Waals surface area contributed by atoms with Gasteiger partial charge >= 0.3 is 0 Å². The molecule has 0 spiro atoms. The van der Waals surface area contributed by atoms with Gasteiger partial charge in [-0.15, -0.1) is 12.4 Å². The van der Waals surface area contributed by atoms with Crippen molar-refractivity contribution < 1.29 is 19.1 Å². The van der Waals surface area contributed by atoms with Gasteiger partial charge in [0, 0.05) is 12.2 Å². The number of hydrogen-bond acceptors (Lipinski definition) is 5. The Morgan fingerprint density at radius 3 is 2.67 bits per heavy atom. The molecule has 1 aliphatic rings. The molecule has 1 aromatic carbocycles. The van der Waals surface area contributed by atoms with E-state index in [2.05, 4.69) is 16.0 Å². The first-order valence-corrected chi connectivity index (χ1v) is 7.75. The standard InChI is InChI=1S/C16H23N3O4.ClH/c1-3-22-13-6-4-12(5-7-13)19-14(20)10-18-16(21)15-11(2)23-9-8-17-15;/h4-7,11,15,17H,3,8-10H2,1-2H3,(H,18,21)(H,19,20);1H/t11-,15+;/m1./s1. The average Bonchev–Trinajstić information content (AvgIpc) is 2.55. The van der Waals surface area contributed by atoms with Gasteiger partial charge in [0.05, 0.1) is 25.9 Å². The van der Waals surface area contributed by atoms with Gasteiger partial charge in [-0.25, -0.2) is 0 Å². The minimum Gasteiger partial charge on any atom is -0.494 e. The molecule has 0 radical (unpaired) electrons. The van der Waals surface area contributed by atoms with E-state index in [-0.39, 0.29) is 36.9 Å². The highest BCUT2D eigenvalue weighted by Gasteiger charge is 2.28. The van der Waals surface area contributed by atoms with E-state index >= 15 is 0 Å². The van der Waals surface area contributed by atoms with Gasteiger partial charge in [0.2, 0.25) is 11.8 Å². The number of nitrogens with one attached hydrogen (secondary N) is 3. The smallest absolute Gasteiger partial charge is 0.243 e. The number of hydrogen-bond donors (Lipinski definition) is 3. The Labute approximate surface area is 147 Å². The maximum absolute atomic E-state index is 12.0. The molecule has 0 unspecified atom stereocenters. The van der Waals surface area contributed by atoms with Crippen LogP contribution in [-0.4, -0.2) is 50.3 Å². The molecule has 2 amide bonds. The number of carbonyl (C=O) groups is 2. The van der Waals surface area contributed by atoms with E-state index in [1.807, 2.05) is 13.8 Å². The van der Waals surface area contributed by atoms with E-state index in [1.165, 1.54) is 0 Å². The van der Waals surface area contributed by atoms with Crippen molar-refractivity contribution in [2.24, 2.45) is 0 Å². The molecule has 134 valence electrons. The van der Waals surface area contributed by atoms with Gasteiger partial charge in [0.15, 0.2) is 0 Å². The van der Waals surface area contributed by atoms with Crippen LogP contribution in [-0.2, 0) is 14.3 Å². The van der Waals surface area contributed by atoms with Crippen LogP contribution in [0.2, 0.25) is 0 Å². The normalized spacial score (nSPS) is 19.8. The zero-order valence-electron chi connectivity index (χ0n) is 13.8. The zero-order chi connectivity index (χ0) is 16.7. The summed E-state index contributed by atoms with van der Waals surface area (Å²) in [7, 11) is 0. The van der Waals surface area contributed by atoms with Gasteiger partial charge in [-0.2, -0.15) is 0 Å². The number of amides is 2. The average molecular weight is 358 g/mol.